The van der Waals surface area contributed by atoms with Gasteiger partial charge in [0.05, 0.1) is 12.3 Å². The molecule has 1 amide bonds. The van der Waals surface area contributed by atoms with Gasteiger partial charge < -0.3 is 4.74 Å². The summed E-state index contributed by atoms with van der Waals surface area (Å²) in [5.74, 6) is 0.136. The summed E-state index contributed by atoms with van der Waals surface area (Å²) in [5.41, 5.74) is 3.12. The monoisotopic (exact) mass is 305 g/mol. The van der Waals surface area contributed by atoms with Crippen molar-refractivity contribution in [1.82, 2.24) is 0 Å². The molecular formula is C20H19NO2. The maximum absolute atomic E-state index is 12.1. The van der Waals surface area contributed by atoms with Crippen molar-refractivity contribution in [3.8, 4) is 0 Å². The van der Waals surface area contributed by atoms with Crippen LogP contribution in [0.3, 0.4) is 0 Å². The van der Waals surface area contributed by atoms with Gasteiger partial charge in [-0.1, -0.05) is 66.8 Å². The van der Waals surface area contributed by atoms with Crippen LogP contribution in [0.5, 0.6) is 0 Å². The van der Waals surface area contributed by atoms with Crippen molar-refractivity contribution >= 4 is 17.9 Å². The predicted octanol–water partition coefficient (Wildman–Crippen LogP) is 4.97. The first-order valence-corrected chi connectivity index (χ1v) is 7.76. The summed E-state index contributed by atoms with van der Waals surface area (Å²) < 4.78 is 5.12. The number of allylic oxidation sites excluding steroid dienone is 2. The molecule has 3 rings (SSSR count). The molecule has 0 N–H and O–H groups in total. The third-order valence-corrected chi connectivity index (χ3v) is 3.76. The van der Waals surface area contributed by atoms with Crippen molar-refractivity contribution in [2.45, 2.75) is 12.8 Å². The van der Waals surface area contributed by atoms with Crippen LogP contribution in [0.15, 0.2) is 72.9 Å². The highest BCUT2D eigenvalue weighted by atomic mass is 16.6. The summed E-state index contributed by atoms with van der Waals surface area (Å²) in [6.45, 7) is 2.17. The third-order valence-electron chi connectivity index (χ3n) is 3.76. The second kappa shape index (κ2) is 6.97. The summed E-state index contributed by atoms with van der Waals surface area (Å²) in [7, 11) is 0. The number of para-hydroxylation sites is 1. The van der Waals surface area contributed by atoms with Crippen LogP contribution >= 0.6 is 0 Å². The second-order valence-electron chi connectivity index (χ2n) is 5.26. The lowest BCUT2D eigenvalue weighted by Gasteiger charge is -2.27. The van der Waals surface area contributed by atoms with E-state index in [9.17, 15) is 4.79 Å². The Morgan fingerprint density at radius 2 is 1.87 bits per heavy atom. The fraction of sp³-hybridized carbons (Fsp3) is 0.150. The lowest BCUT2D eigenvalue weighted by molar-refractivity contribution is 0.162. The maximum Gasteiger partial charge on any atom is 0.418 e. The zero-order valence-electron chi connectivity index (χ0n) is 13.1. The number of nitrogens with zero attached hydrogens (tertiary/aromatic N) is 1. The van der Waals surface area contributed by atoms with Gasteiger partial charge in [-0.15, -0.1) is 0 Å². The van der Waals surface area contributed by atoms with Gasteiger partial charge in [-0.2, -0.15) is 0 Å². The van der Waals surface area contributed by atoms with Crippen LogP contribution in [0.25, 0.3) is 6.08 Å². The number of carbonyl (C=O) groups excluding carboxylic acids is 1. The summed E-state index contributed by atoms with van der Waals surface area (Å²) in [6.07, 6.45) is 7.71. The maximum atomic E-state index is 12.1. The van der Waals surface area contributed by atoms with Crippen molar-refractivity contribution in [2.24, 2.45) is 0 Å². The number of hydrogen-bond donors (Lipinski definition) is 0. The number of ether oxygens (including phenoxy) is 1. The number of anilines is 1. The molecule has 3 nitrogen and oxygen atoms in total. The van der Waals surface area contributed by atoms with Crippen molar-refractivity contribution in [2.75, 3.05) is 11.5 Å². The topological polar surface area (TPSA) is 29.5 Å². The van der Waals surface area contributed by atoms with Crippen LogP contribution in [0, 0.1) is 0 Å². The molecule has 0 aromatic heterocycles. The van der Waals surface area contributed by atoms with E-state index in [4.69, 9.17) is 4.74 Å². The molecule has 2 aromatic rings. The predicted molar refractivity (Wildman–Crippen MR) is 93.3 cm³/mol. The number of fused-ring (bicyclic) bond motifs is 1. The Morgan fingerprint density at radius 3 is 2.65 bits per heavy atom. The zero-order valence-corrected chi connectivity index (χ0v) is 13.1. The number of rotatable bonds is 3. The Kier molecular flexibility index (Phi) is 4.57. The molecule has 0 bridgehead atoms. The van der Waals surface area contributed by atoms with Crippen LogP contribution < -0.4 is 4.90 Å². The fourth-order valence-corrected chi connectivity index (χ4v) is 2.65. The minimum Gasteiger partial charge on any atom is -0.449 e. The number of carbonyl (C=O) groups is 1. The molecule has 1 atom stereocenters. The Balaban J connectivity index is 1.89. The molecule has 0 aliphatic carbocycles. The normalized spacial score (nSPS) is 16.4. The Labute approximate surface area is 136 Å². The van der Waals surface area contributed by atoms with Gasteiger partial charge in [0.25, 0.3) is 0 Å². The highest BCUT2D eigenvalue weighted by molar-refractivity contribution is 5.92. The molecule has 1 aliphatic rings. The molecule has 116 valence electrons. The molecule has 0 fully saturated rings. The molecule has 0 saturated carbocycles. The summed E-state index contributed by atoms with van der Waals surface area (Å²) >= 11 is 0. The SMILES string of the molecule is CCOC(=O)N1C=CC(/C=C/c2ccccc2)c2ccccc21. The molecule has 1 heterocycles. The molecule has 23 heavy (non-hydrogen) atoms. The van der Waals surface area contributed by atoms with Gasteiger partial charge in [0.15, 0.2) is 0 Å². The van der Waals surface area contributed by atoms with E-state index in [1.54, 1.807) is 11.1 Å². The minimum atomic E-state index is -0.346. The third kappa shape index (κ3) is 3.34. The number of benzene rings is 2. The molecule has 0 spiro atoms. The Hall–Kier alpha value is -2.81. The average Bonchev–Trinajstić information content (AvgIpc) is 2.60. The Morgan fingerprint density at radius 1 is 1.13 bits per heavy atom. The Bertz CT molecular complexity index is 734. The largest absolute Gasteiger partial charge is 0.449 e. The van der Waals surface area contributed by atoms with Crippen molar-refractivity contribution in [1.29, 1.82) is 0 Å². The van der Waals surface area contributed by atoms with Crippen molar-refractivity contribution in [3.05, 3.63) is 84.1 Å². The lowest BCUT2D eigenvalue weighted by Crippen LogP contribution is -2.29. The van der Waals surface area contributed by atoms with E-state index in [0.29, 0.717) is 6.61 Å². The number of hydrogen-bond acceptors (Lipinski definition) is 2. The minimum absolute atomic E-state index is 0.136. The first kappa shape index (κ1) is 15.1. The zero-order chi connectivity index (χ0) is 16.1. The van der Waals surface area contributed by atoms with Crippen LogP contribution in [-0.4, -0.2) is 12.7 Å². The van der Waals surface area contributed by atoms with E-state index in [0.717, 1.165) is 16.8 Å². The van der Waals surface area contributed by atoms with E-state index in [-0.39, 0.29) is 12.0 Å². The molecule has 1 unspecified atom stereocenters. The van der Waals surface area contributed by atoms with Crippen LogP contribution in [-0.2, 0) is 4.74 Å². The van der Waals surface area contributed by atoms with Gasteiger partial charge in [0, 0.05) is 12.1 Å². The molecule has 3 heteroatoms. The van der Waals surface area contributed by atoms with Crippen LogP contribution in [0.2, 0.25) is 0 Å². The highest BCUT2D eigenvalue weighted by Gasteiger charge is 2.23. The molecule has 2 aromatic carbocycles. The summed E-state index contributed by atoms with van der Waals surface area (Å²) in [6, 6.07) is 18.1. The van der Waals surface area contributed by atoms with Crippen LogP contribution in [0.1, 0.15) is 24.0 Å². The molecule has 0 saturated heterocycles. The lowest BCUT2D eigenvalue weighted by atomic mass is 9.93. The second-order valence-corrected chi connectivity index (χ2v) is 5.26. The number of amides is 1. The van der Waals surface area contributed by atoms with Crippen LogP contribution in [0.4, 0.5) is 10.5 Å². The fourth-order valence-electron chi connectivity index (χ4n) is 2.65. The highest BCUT2D eigenvalue weighted by Crippen LogP contribution is 2.34. The molecule has 0 radical (unpaired) electrons. The first-order chi connectivity index (χ1) is 11.3. The average molecular weight is 305 g/mol. The van der Waals surface area contributed by atoms with Crippen molar-refractivity contribution in [3.63, 3.8) is 0 Å². The van der Waals surface area contributed by atoms with Gasteiger partial charge in [-0.05, 0) is 24.1 Å². The van der Waals surface area contributed by atoms with E-state index in [2.05, 4.69) is 24.3 Å². The summed E-state index contributed by atoms with van der Waals surface area (Å²) in [4.78, 5) is 13.6. The van der Waals surface area contributed by atoms with Gasteiger partial charge >= 0.3 is 6.09 Å². The molecule has 1 aliphatic heterocycles. The van der Waals surface area contributed by atoms with E-state index < -0.39 is 0 Å². The molecular weight excluding hydrogens is 286 g/mol. The van der Waals surface area contributed by atoms with E-state index in [1.807, 2.05) is 55.5 Å². The van der Waals surface area contributed by atoms with Gasteiger partial charge in [0.2, 0.25) is 0 Å². The first-order valence-electron chi connectivity index (χ1n) is 7.76. The quantitative estimate of drug-likeness (QED) is 0.801. The van der Waals surface area contributed by atoms with E-state index >= 15 is 0 Å². The van der Waals surface area contributed by atoms with Gasteiger partial charge in [-0.25, -0.2) is 4.79 Å². The standard InChI is InChI=1S/C20H19NO2/c1-2-23-20(22)21-15-14-17(18-10-6-7-11-19(18)21)13-12-16-8-4-3-5-9-16/h3-15,17H,2H2,1H3/b13-12+. The van der Waals surface area contributed by atoms with E-state index in [1.165, 1.54) is 0 Å². The summed E-state index contributed by atoms with van der Waals surface area (Å²) in [5, 5.41) is 0. The van der Waals surface area contributed by atoms with Gasteiger partial charge in [-0.3, -0.25) is 4.90 Å². The van der Waals surface area contributed by atoms with Crippen molar-refractivity contribution < 1.29 is 9.53 Å². The van der Waals surface area contributed by atoms with Gasteiger partial charge in [0.1, 0.15) is 0 Å². The smallest absolute Gasteiger partial charge is 0.418 e.